The van der Waals surface area contributed by atoms with E-state index >= 15 is 0 Å². The number of nitrogens with one attached hydrogen (secondary N) is 1. The van der Waals surface area contributed by atoms with Gasteiger partial charge in [0.05, 0.1) is 0 Å². The summed E-state index contributed by atoms with van der Waals surface area (Å²) in [6.07, 6.45) is 8.75. The van der Waals surface area contributed by atoms with Gasteiger partial charge in [-0.15, -0.1) is 0 Å². The molecule has 0 aromatic rings. The third-order valence-electron chi connectivity index (χ3n) is 4.24. The Morgan fingerprint density at radius 2 is 1.69 bits per heavy atom. The summed E-state index contributed by atoms with van der Waals surface area (Å²) < 4.78 is 0. The average molecular weight is 179 g/mol. The molecule has 1 nitrogen and oxygen atoms in total. The Kier molecular flexibility index (Phi) is 1.47. The van der Waals surface area contributed by atoms with Crippen molar-refractivity contribution in [1.82, 2.24) is 5.32 Å². The minimum Gasteiger partial charge on any atom is -0.308 e. The van der Waals surface area contributed by atoms with Crippen molar-refractivity contribution >= 4 is 0 Å². The first kappa shape index (κ1) is 8.28. The first-order chi connectivity index (χ1) is 6.10. The van der Waals surface area contributed by atoms with Crippen LogP contribution in [0, 0.1) is 11.3 Å². The van der Waals surface area contributed by atoms with Crippen LogP contribution in [0.2, 0.25) is 0 Å². The van der Waals surface area contributed by atoms with Crippen LogP contribution >= 0.6 is 0 Å². The first-order valence-electron chi connectivity index (χ1n) is 5.87. The lowest BCUT2D eigenvalue weighted by Crippen LogP contribution is -2.51. The summed E-state index contributed by atoms with van der Waals surface area (Å²) in [6, 6.07) is 0.859. The molecule has 1 heteroatoms. The van der Waals surface area contributed by atoms with Gasteiger partial charge in [-0.1, -0.05) is 13.8 Å². The predicted octanol–water partition coefficient (Wildman–Crippen LogP) is 2.71. The Hall–Kier alpha value is -0.0400. The van der Waals surface area contributed by atoms with Crippen LogP contribution in [0.1, 0.15) is 52.4 Å². The molecule has 0 aromatic heterocycles. The fourth-order valence-electron chi connectivity index (χ4n) is 3.22. The molecule has 0 unspecified atom stereocenters. The van der Waals surface area contributed by atoms with Gasteiger partial charge in [0, 0.05) is 11.6 Å². The van der Waals surface area contributed by atoms with Crippen molar-refractivity contribution in [1.29, 1.82) is 0 Å². The monoisotopic (exact) mass is 179 g/mol. The maximum absolute atomic E-state index is 3.92. The first-order valence-corrected chi connectivity index (χ1v) is 5.87. The topological polar surface area (TPSA) is 12.0 Å². The lowest BCUT2D eigenvalue weighted by Gasteiger charge is -2.45. The molecule has 0 atom stereocenters. The van der Waals surface area contributed by atoms with Crippen molar-refractivity contribution in [3.8, 4) is 0 Å². The molecule has 0 radical (unpaired) electrons. The van der Waals surface area contributed by atoms with Crippen LogP contribution in [-0.2, 0) is 0 Å². The largest absolute Gasteiger partial charge is 0.308 e. The van der Waals surface area contributed by atoms with E-state index in [0.717, 1.165) is 12.0 Å². The minimum absolute atomic E-state index is 0.636. The van der Waals surface area contributed by atoms with E-state index in [1.807, 2.05) is 0 Å². The van der Waals surface area contributed by atoms with Crippen molar-refractivity contribution in [3.05, 3.63) is 0 Å². The normalized spacial score (nSPS) is 35.5. The molecule has 3 rings (SSSR count). The molecule has 0 heterocycles. The summed E-state index contributed by atoms with van der Waals surface area (Å²) in [5, 5.41) is 3.92. The molecule has 3 aliphatic carbocycles. The maximum atomic E-state index is 3.92. The Bertz CT molecular complexity index is 215. The number of hydrogen-bond donors (Lipinski definition) is 1. The number of hydrogen-bond acceptors (Lipinski definition) is 1. The lowest BCUT2D eigenvalue weighted by atomic mass is 9.68. The van der Waals surface area contributed by atoms with Crippen LogP contribution in [0.4, 0.5) is 0 Å². The van der Waals surface area contributed by atoms with Crippen molar-refractivity contribution in [3.63, 3.8) is 0 Å². The van der Waals surface area contributed by atoms with Crippen LogP contribution in [-0.4, -0.2) is 11.6 Å². The van der Waals surface area contributed by atoms with Gasteiger partial charge in [0.15, 0.2) is 0 Å². The molecule has 0 aliphatic heterocycles. The fourth-order valence-corrected chi connectivity index (χ4v) is 3.22. The van der Waals surface area contributed by atoms with E-state index in [-0.39, 0.29) is 0 Å². The Labute approximate surface area is 81.3 Å². The van der Waals surface area contributed by atoms with Gasteiger partial charge in [-0.3, -0.25) is 0 Å². The highest BCUT2D eigenvalue weighted by Crippen LogP contribution is 2.55. The third kappa shape index (κ3) is 1.41. The lowest BCUT2D eigenvalue weighted by molar-refractivity contribution is 0.109. The van der Waals surface area contributed by atoms with E-state index in [4.69, 9.17) is 0 Å². The maximum Gasteiger partial charge on any atom is 0.0213 e. The highest BCUT2D eigenvalue weighted by molar-refractivity contribution is 5.13. The second-order valence-electron chi connectivity index (χ2n) is 6.34. The Balaban J connectivity index is 1.53. The van der Waals surface area contributed by atoms with Gasteiger partial charge in [-0.2, -0.15) is 0 Å². The second-order valence-corrected chi connectivity index (χ2v) is 6.34. The third-order valence-corrected chi connectivity index (χ3v) is 4.24. The van der Waals surface area contributed by atoms with Gasteiger partial charge < -0.3 is 5.32 Å². The average Bonchev–Trinajstić information content (AvgIpc) is 2.78. The summed E-state index contributed by atoms with van der Waals surface area (Å²) in [6.45, 7) is 4.78. The Morgan fingerprint density at radius 1 is 1.08 bits per heavy atom. The molecular weight excluding hydrogens is 158 g/mol. The predicted molar refractivity (Wildman–Crippen MR) is 54.6 cm³/mol. The zero-order chi connectivity index (χ0) is 9.10. The molecule has 0 amide bonds. The van der Waals surface area contributed by atoms with Crippen molar-refractivity contribution in [2.75, 3.05) is 0 Å². The van der Waals surface area contributed by atoms with Gasteiger partial charge in [0.1, 0.15) is 0 Å². The molecule has 3 aliphatic rings. The molecule has 0 spiro atoms. The number of rotatable bonds is 3. The SMILES string of the molecule is CC1(C)CC(NC2(C3CC3)CC2)C1. The van der Waals surface area contributed by atoms with Gasteiger partial charge in [0.25, 0.3) is 0 Å². The standard InChI is InChI=1S/C12H21N/c1-11(2)7-10(8-11)13-12(5-6-12)9-3-4-9/h9-10,13H,3-8H2,1-2H3. The van der Waals surface area contributed by atoms with E-state index in [2.05, 4.69) is 19.2 Å². The van der Waals surface area contributed by atoms with E-state index in [1.54, 1.807) is 0 Å². The quantitative estimate of drug-likeness (QED) is 0.702. The van der Waals surface area contributed by atoms with Gasteiger partial charge in [-0.25, -0.2) is 0 Å². The van der Waals surface area contributed by atoms with Crippen LogP contribution in [0.15, 0.2) is 0 Å². The van der Waals surface area contributed by atoms with E-state index in [1.165, 1.54) is 38.5 Å². The van der Waals surface area contributed by atoms with Crippen LogP contribution in [0.25, 0.3) is 0 Å². The summed E-state index contributed by atoms with van der Waals surface area (Å²) >= 11 is 0. The van der Waals surface area contributed by atoms with E-state index in [9.17, 15) is 0 Å². The highest BCUT2D eigenvalue weighted by Gasteiger charge is 2.55. The van der Waals surface area contributed by atoms with Crippen molar-refractivity contribution in [2.24, 2.45) is 11.3 Å². The highest BCUT2D eigenvalue weighted by atomic mass is 15.1. The molecule has 74 valence electrons. The molecular formula is C12H21N. The molecule has 1 N–H and O–H groups in total. The summed E-state index contributed by atoms with van der Waals surface area (Å²) in [5.41, 5.74) is 1.29. The van der Waals surface area contributed by atoms with Gasteiger partial charge in [0.2, 0.25) is 0 Å². The molecule has 13 heavy (non-hydrogen) atoms. The summed E-state index contributed by atoms with van der Waals surface area (Å²) in [4.78, 5) is 0. The van der Waals surface area contributed by atoms with Crippen LogP contribution in [0.3, 0.4) is 0 Å². The summed E-state index contributed by atoms with van der Waals surface area (Å²) in [7, 11) is 0. The molecule has 0 aromatic carbocycles. The fraction of sp³-hybridized carbons (Fsp3) is 1.00. The smallest absolute Gasteiger partial charge is 0.0213 e. The zero-order valence-corrected chi connectivity index (χ0v) is 8.90. The minimum atomic E-state index is 0.636. The van der Waals surface area contributed by atoms with Gasteiger partial charge in [-0.05, 0) is 49.9 Å². The molecule has 3 saturated carbocycles. The van der Waals surface area contributed by atoms with Crippen LogP contribution in [0.5, 0.6) is 0 Å². The summed E-state index contributed by atoms with van der Waals surface area (Å²) in [5.74, 6) is 1.07. The Morgan fingerprint density at radius 3 is 2.08 bits per heavy atom. The molecule has 3 fully saturated rings. The molecule has 0 bridgehead atoms. The van der Waals surface area contributed by atoms with Gasteiger partial charge >= 0.3 is 0 Å². The van der Waals surface area contributed by atoms with E-state index < -0.39 is 0 Å². The van der Waals surface area contributed by atoms with E-state index in [0.29, 0.717) is 11.0 Å². The second kappa shape index (κ2) is 2.31. The van der Waals surface area contributed by atoms with Crippen molar-refractivity contribution in [2.45, 2.75) is 64.0 Å². The zero-order valence-electron chi connectivity index (χ0n) is 8.90. The van der Waals surface area contributed by atoms with Crippen molar-refractivity contribution < 1.29 is 0 Å². The van der Waals surface area contributed by atoms with Crippen LogP contribution < -0.4 is 5.32 Å². The molecule has 0 saturated heterocycles.